The van der Waals surface area contributed by atoms with Gasteiger partial charge < -0.3 is 25.9 Å². The minimum absolute atomic E-state index is 0.0745. The molecule has 0 atom stereocenters. The van der Waals surface area contributed by atoms with Gasteiger partial charge in [0, 0.05) is 16.6 Å². The molecule has 2 amide bonds. The smallest absolute Gasteiger partial charge is 0.265 e. The molecule has 0 unspecified atom stereocenters. The Labute approximate surface area is 165 Å². The first-order valence-corrected chi connectivity index (χ1v) is 8.79. The predicted molar refractivity (Wildman–Crippen MR) is 109 cm³/mol. The first kappa shape index (κ1) is 18.1. The molecule has 4 rings (SSSR count). The van der Waals surface area contributed by atoms with Gasteiger partial charge in [-0.2, -0.15) is 0 Å². The Balaban J connectivity index is 1.57. The average molecular weight is 387 g/mol. The van der Waals surface area contributed by atoms with Gasteiger partial charge in [0.05, 0.1) is 5.56 Å². The van der Waals surface area contributed by atoms with Crippen molar-refractivity contribution in [3.63, 3.8) is 0 Å². The molecule has 0 aliphatic heterocycles. The highest BCUT2D eigenvalue weighted by Crippen LogP contribution is 2.28. The summed E-state index contributed by atoms with van der Waals surface area (Å²) in [6.45, 7) is 0. The third-order valence-corrected chi connectivity index (χ3v) is 4.34. The molecule has 0 fully saturated rings. The molecule has 0 saturated heterocycles. The number of phenolic OH excluding ortho intramolecular Hbond substituents is 1. The number of para-hydroxylation sites is 1. The molecule has 1 heterocycles. The van der Waals surface area contributed by atoms with Crippen LogP contribution in [0.5, 0.6) is 17.2 Å². The van der Waals surface area contributed by atoms with E-state index in [1.54, 1.807) is 42.5 Å². The number of aromatic amines is 1. The van der Waals surface area contributed by atoms with Crippen molar-refractivity contribution in [2.24, 2.45) is 5.73 Å². The lowest BCUT2D eigenvalue weighted by Gasteiger charge is -2.10. The molecule has 29 heavy (non-hydrogen) atoms. The van der Waals surface area contributed by atoms with E-state index in [0.29, 0.717) is 17.2 Å². The van der Waals surface area contributed by atoms with Gasteiger partial charge >= 0.3 is 0 Å². The number of aromatic nitrogens is 1. The molecule has 0 radical (unpaired) electrons. The summed E-state index contributed by atoms with van der Waals surface area (Å²) < 4.78 is 5.72. The van der Waals surface area contributed by atoms with E-state index in [4.69, 9.17) is 10.5 Å². The summed E-state index contributed by atoms with van der Waals surface area (Å²) >= 11 is 0. The molecule has 144 valence electrons. The fourth-order valence-electron chi connectivity index (χ4n) is 2.93. The van der Waals surface area contributed by atoms with Crippen LogP contribution in [0.3, 0.4) is 0 Å². The van der Waals surface area contributed by atoms with Crippen molar-refractivity contribution >= 4 is 28.4 Å². The number of amides is 2. The molecule has 3 aromatic carbocycles. The van der Waals surface area contributed by atoms with Gasteiger partial charge in [-0.25, -0.2) is 0 Å². The fraction of sp³-hybridized carbons (Fsp3) is 0. The number of anilines is 1. The van der Waals surface area contributed by atoms with Gasteiger partial charge in [0.25, 0.3) is 11.8 Å². The van der Waals surface area contributed by atoms with E-state index in [0.717, 1.165) is 10.9 Å². The Bertz CT molecular complexity index is 1220. The maximum Gasteiger partial charge on any atom is 0.265 e. The maximum atomic E-state index is 12.7. The zero-order valence-electron chi connectivity index (χ0n) is 15.2. The second-order valence-electron chi connectivity index (χ2n) is 6.40. The molecule has 0 aliphatic rings. The SMILES string of the molecule is NC(=O)c1cc2cc(NC(=O)c3cc(Oc4ccccc4)ccc3O)ccc2[nH]1. The zero-order valence-corrected chi connectivity index (χ0v) is 15.2. The highest BCUT2D eigenvalue weighted by Gasteiger charge is 2.14. The molecule has 0 saturated carbocycles. The third kappa shape index (κ3) is 3.89. The van der Waals surface area contributed by atoms with Gasteiger partial charge in [-0.15, -0.1) is 0 Å². The number of aromatic hydroxyl groups is 1. The van der Waals surface area contributed by atoms with Crippen LogP contribution in [0.25, 0.3) is 10.9 Å². The van der Waals surface area contributed by atoms with Crippen LogP contribution in [-0.2, 0) is 0 Å². The summed E-state index contributed by atoms with van der Waals surface area (Å²) in [5.74, 6) is -0.182. The Kier molecular flexibility index (Phi) is 4.62. The van der Waals surface area contributed by atoms with Crippen LogP contribution in [0.1, 0.15) is 20.8 Å². The molecule has 7 heteroatoms. The number of carbonyl (C=O) groups is 2. The summed E-state index contributed by atoms with van der Waals surface area (Å²) in [6, 6.07) is 20.3. The molecule has 1 aromatic heterocycles. The lowest BCUT2D eigenvalue weighted by Crippen LogP contribution is -2.12. The number of ether oxygens (including phenoxy) is 1. The van der Waals surface area contributed by atoms with Gasteiger partial charge in [0.1, 0.15) is 22.9 Å². The van der Waals surface area contributed by atoms with Crippen LogP contribution in [0, 0.1) is 0 Å². The summed E-state index contributed by atoms with van der Waals surface area (Å²) in [4.78, 5) is 26.9. The van der Waals surface area contributed by atoms with Crippen LogP contribution in [-0.4, -0.2) is 21.9 Å². The monoisotopic (exact) mass is 387 g/mol. The van der Waals surface area contributed by atoms with Crippen LogP contribution in [0.15, 0.2) is 72.8 Å². The highest BCUT2D eigenvalue weighted by atomic mass is 16.5. The first-order valence-electron chi connectivity index (χ1n) is 8.79. The van der Waals surface area contributed by atoms with Crippen molar-refractivity contribution in [2.45, 2.75) is 0 Å². The Hall–Kier alpha value is -4.26. The number of hydrogen-bond acceptors (Lipinski definition) is 4. The fourth-order valence-corrected chi connectivity index (χ4v) is 2.93. The molecule has 4 aromatic rings. The standard InChI is InChI=1S/C22H17N3O4/c23-21(27)19-11-13-10-14(6-8-18(13)25-19)24-22(28)17-12-16(7-9-20(17)26)29-15-4-2-1-3-5-15/h1-12,25-26H,(H2,23,27)(H,24,28). The van der Waals surface area contributed by atoms with Crippen molar-refractivity contribution in [3.8, 4) is 17.2 Å². The van der Waals surface area contributed by atoms with Crippen molar-refractivity contribution in [1.82, 2.24) is 4.98 Å². The van der Waals surface area contributed by atoms with E-state index in [1.165, 1.54) is 12.1 Å². The molecule has 0 aliphatic carbocycles. The number of nitrogens with two attached hydrogens (primary N) is 1. The third-order valence-electron chi connectivity index (χ3n) is 4.34. The van der Waals surface area contributed by atoms with Gasteiger partial charge in [0.2, 0.25) is 0 Å². The Morgan fingerprint density at radius 2 is 1.72 bits per heavy atom. The van der Waals surface area contributed by atoms with Gasteiger partial charge in [-0.05, 0) is 54.6 Å². The second kappa shape index (κ2) is 7.40. The summed E-state index contributed by atoms with van der Waals surface area (Å²) in [5.41, 5.74) is 6.86. The zero-order chi connectivity index (χ0) is 20.4. The van der Waals surface area contributed by atoms with E-state index in [2.05, 4.69) is 10.3 Å². The van der Waals surface area contributed by atoms with Gasteiger partial charge in [0.15, 0.2) is 0 Å². The largest absolute Gasteiger partial charge is 0.507 e. The van der Waals surface area contributed by atoms with Crippen molar-refractivity contribution in [2.75, 3.05) is 5.32 Å². The van der Waals surface area contributed by atoms with Gasteiger partial charge in [-0.1, -0.05) is 18.2 Å². The molecule has 0 bridgehead atoms. The topological polar surface area (TPSA) is 117 Å². The number of benzene rings is 3. The van der Waals surface area contributed by atoms with Crippen molar-refractivity contribution in [1.29, 1.82) is 0 Å². The van der Waals surface area contributed by atoms with E-state index in [-0.39, 0.29) is 17.0 Å². The van der Waals surface area contributed by atoms with E-state index < -0.39 is 11.8 Å². The number of phenols is 1. The van der Waals surface area contributed by atoms with Crippen LogP contribution < -0.4 is 15.8 Å². The number of hydrogen-bond donors (Lipinski definition) is 4. The molecule has 0 spiro atoms. The van der Waals surface area contributed by atoms with E-state index in [1.807, 2.05) is 18.2 Å². The lowest BCUT2D eigenvalue weighted by atomic mass is 10.1. The van der Waals surface area contributed by atoms with Crippen molar-refractivity contribution < 1.29 is 19.4 Å². The number of carbonyl (C=O) groups excluding carboxylic acids is 2. The number of fused-ring (bicyclic) bond motifs is 1. The summed E-state index contributed by atoms with van der Waals surface area (Å²) in [7, 11) is 0. The minimum atomic E-state index is -0.563. The number of rotatable bonds is 5. The van der Waals surface area contributed by atoms with E-state index >= 15 is 0 Å². The highest BCUT2D eigenvalue weighted by molar-refractivity contribution is 6.07. The van der Waals surface area contributed by atoms with Gasteiger partial charge in [-0.3, -0.25) is 9.59 Å². The quantitative estimate of drug-likeness (QED) is 0.414. The van der Waals surface area contributed by atoms with Crippen molar-refractivity contribution in [3.05, 3.63) is 84.1 Å². The first-order chi connectivity index (χ1) is 14.0. The predicted octanol–water partition coefficient (Wildman–Crippen LogP) is 4.02. The molecule has 7 nitrogen and oxygen atoms in total. The minimum Gasteiger partial charge on any atom is -0.507 e. The summed E-state index contributed by atoms with van der Waals surface area (Å²) in [6.07, 6.45) is 0. The number of H-pyrrole nitrogens is 1. The van der Waals surface area contributed by atoms with Crippen LogP contribution >= 0.6 is 0 Å². The molecular formula is C22H17N3O4. The average Bonchev–Trinajstić information content (AvgIpc) is 3.14. The van der Waals surface area contributed by atoms with Crippen LogP contribution in [0.4, 0.5) is 5.69 Å². The lowest BCUT2D eigenvalue weighted by molar-refractivity contribution is 0.0993. The normalized spacial score (nSPS) is 10.6. The second-order valence-corrected chi connectivity index (χ2v) is 6.40. The van der Waals surface area contributed by atoms with Crippen LogP contribution in [0.2, 0.25) is 0 Å². The molecular weight excluding hydrogens is 370 g/mol. The number of nitrogens with one attached hydrogen (secondary N) is 2. The Morgan fingerprint density at radius 3 is 2.48 bits per heavy atom. The van der Waals surface area contributed by atoms with E-state index in [9.17, 15) is 14.7 Å². The Morgan fingerprint density at radius 1 is 0.931 bits per heavy atom. The number of primary amides is 1. The molecule has 5 N–H and O–H groups in total. The summed E-state index contributed by atoms with van der Waals surface area (Å²) in [5, 5.41) is 13.6. The maximum absolute atomic E-state index is 12.7.